The molecule has 4 rings (SSSR count). The average molecular weight is 463 g/mol. The number of benzene rings is 1. The van der Waals surface area contributed by atoms with E-state index in [0.29, 0.717) is 24.4 Å². The summed E-state index contributed by atoms with van der Waals surface area (Å²) in [5.74, 6) is -1.26. The number of hydrogen-bond acceptors (Lipinski definition) is 6. The molecule has 2 aromatic heterocycles. The van der Waals surface area contributed by atoms with Crippen LogP contribution in [-0.4, -0.2) is 48.5 Å². The quantitative estimate of drug-likeness (QED) is 0.505. The van der Waals surface area contributed by atoms with Gasteiger partial charge in [-0.25, -0.2) is 0 Å². The normalized spacial score (nSPS) is 15.9. The first-order valence-corrected chi connectivity index (χ1v) is 11.1. The van der Waals surface area contributed by atoms with Gasteiger partial charge in [0.2, 0.25) is 11.8 Å². The van der Waals surface area contributed by atoms with Gasteiger partial charge in [0.25, 0.3) is 5.91 Å². The van der Waals surface area contributed by atoms with E-state index in [0.717, 1.165) is 12.8 Å². The lowest BCUT2D eigenvalue weighted by Gasteiger charge is -2.31. The van der Waals surface area contributed by atoms with E-state index in [2.05, 4.69) is 15.6 Å². The molecule has 34 heavy (non-hydrogen) atoms. The zero-order valence-electron chi connectivity index (χ0n) is 18.6. The maximum atomic E-state index is 13.5. The van der Waals surface area contributed by atoms with Crippen LogP contribution >= 0.6 is 0 Å². The molecule has 9 nitrogen and oxygen atoms in total. The Kier molecular flexibility index (Phi) is 7.67. The molecular formula is C25H26N4O5. The minimum Gasteiger partial charge on any atom is -0.459 e. The molecule has 1 fully saturated rings. The molecule has 2 atom stereocenters. The van der Waals surface area contributed by atoms with Crippen LogP contribution < -0.4 is 15.5 Å². The second-order valence-corrected chi connectivity index (χ2v) is 7.83. The lowest BCUT2D eigenvalue weighted by atomic mass is 10.0. The first kappa shape index (κ1) is 23.2. The van der Waals surface area contributed by atoms with Crippen molar-refractivity contribution in [3.63, 3.8) is 0 Å². The lowest BCUT2D eigenvalue weighted by Crippen LogP contribution is -2.48. The van der Waals surface area contributed by atoms with E-state index >= 15 is 0 Å². The Hall–Kier alpha value is -3.98. The molecule has 1 aliphatic heterocycles. The molecule has 3 aromatic rings. The minimum atomic E-state index is -0.972. The van der Waals surface area contributed by atoms with Crippen LogP contribution in [0.1, 0.15) is 35.0 Å². The van der Waals surface area contributed by atoms with Gasteiger partial charge in [0.05, 0.1) is 30.8 Å². The smallest absolute Gasteiger partial charge is 0.287 e. The second-order valence-electron chi connectivity index (χ2n) is 7.83. The van der Waals surface area contributed by atoms with Gasteiger partial charge in [-0.2, -0.15) is 0 Å². The molecule has 0 saturated carbocycles. The summed E-state index contributed by atoms with van der Waals surface area (Å²) in [7, 11) is 0. The van der Waals surface area contributed by atoms with Crippen molar-refractivity contribution >= 4 is 23.4 Å². The third kappa shape index (κ3) is 5.68. The third-order valence-electron chi connectivity index (χ3n) is 5.49. The van der Waals surface area contributed by atoms with Crippen molar-refractivity contribution in [2.75, 3.05) is 24.6 Å². The Labute approximate surface area is 197 Å². The topological polar surface area (TPSA) is 114 Å². The van der Waals surface area contributed by atoms with Crippen LogP contribution in [0.5, 0.6) is 0 Å². The number of furan rings is 1. The number of carbonyl (C=O) groups excluding carboxylic acids is 3. The van der Waals surface area contributed by atoms with E-state index in [1.807, 2.05) is 6.07 Å². The van der Waals surface area contributed by atoms with Gasteiger partial charge in [-0.1, -0.05) is 30.3 Å². The summed E-state index contributed by atoms with van der Waals surface area (Å²) in [6, 6.07) is 14.5. The van der Waals surface area contributed by atoms with Crippen LogP contribution in [0.15, 0.2) is 77.7 Å². The number of nitrogens with one attached hydrogen (secondary N) is 2. The molecule has 3 amide bonds. The van der Waals surface area contributed by atoms with E-state index in [4.69, 9.17) is 9.15 Å². The SMILES string of the molecule is O=C(NCC(=O)N(c1cccnc1)C(C(=O)NCC1CCCO1)c1ccccc1)c1ccco1. The zero-order valence-corrected chi connectivity index (χ0v) is 18.6. The van der Waals surface area contributed by atoms with Crippen molar-refractivity contribution in [2.24, 2.45) is 0 Å². The summed E-state index contributed by atoms with van der Waals surface area (Å²) in [5.41, 5.74) is 1.06. The molecule has 176 valence electrons. The molecule has 1 aliphatic rings. The predicted molar refractivity (Wildman–Crippen MR) is 124 cm³/mol. The molecule has 9 heteroatoms. The Bertz CT molecular complexity index is 1080. The van der Waals surface area contributed by atoms with Crippen LogP contribution in [0, 0.1) is 0 Å². The van der Waals surface area contributed by atoms with Gasteiger partial charge in [0.15, 0.2) is 5.76 Å². The van der Waals surface area contributed by atoms with Crippen LogP contribution in [0.25, 0.3) is 0 Å². The molecule has 3 heterocycles. The first-order chi connectivity index (χ1) is 16.6. The maximum Gasteiger partial charge on any atom is 0.287 e. The lowest BCUT2D eigenvalue weighted by molar-refractivity contribution is -0.126. The fraction of sp³-hybridized carbons (Fsp3) is 0.280. The number of rotatable bonds is 9. The molecule has 0 radical (unpaired) electrons. The fourth-order valence-electron chi connectivity index (χ4n) is 3.84. The second kappa shape index (κ2) is 11.2. The van der Waals surface area contributed by atoms with E-state index in [9.17, 15) is 14.4 Å². The molecule has 0 spiro atoms. The summed E-state index contributed by atoms with van der Waals surface area (Å²) in [4.78, 5) is 44.7. The van der Waals surface area contributed by atoms with Crippen LogP contribution in [0.2, 0.25) is 0 Å². The fourth-order valence-corrected chi connectivity index (χ4v) is 3.84. The van der Waals surface area contributed by atoms with Gasteiger partial charge < -0.3 is 19.8 Å². The van der Waals surface area contributed by atoms with Crippen molar-refractivity contribution in [3.05, 3.63) is 84.6 Å². The predicted octanol–water partition coefficient (Wildman–Crippen LogP) is 2.47. The highest BCUT2D eigenvalue weighted by Crippen LogP contribution is 2.27. The molecule has 1 saturated heterocycles. The van der Waals surface area contributed by atoms with Gasteiger partial charge in [-0.15, -0.1) is 0 Å². The third-order valence-corrected chi connectivity index (χ3v) is 5.49. The Morgan fingerprint density at radius 2 is 1.91 bits per heavy atom. The Balaban J connectivity index is 1.60. The van der Waals surface area contributed by atoms with Crippen LogP contribution in [0.3, 0.4) is 0 Å². The number of carbonyl (C=O) groups is 3. The molecular weight excluding hydrogens is 436 g/mol. The van der Waals surface area contributed by atoms with Gasteiger partial charge in [-0.3, -0.25) is 24.3 Å². The van der Waals surface area contributed by atoms with Crippen LogP contribution in [-0.2, 0) is 14.3 Å². The summed E-state index contributed by atoms with van der Waals surface area (Å²) >= 11 is 0. The monoisotopic (exact) mass is 462 g/mol. The first-order valence-electron chi connectivity index (χ1n) is 11.1. The molecule has 1 aromatic carbocycles. The Morgan fingerprint density at radius 3 is 2.59 bits per heavy atom. The number of hydrogen-bond donors (Lipinski definition) is 2. The summed E-state index contributed by atoms with van der Waals surface area (Å²) in [6.07, 6.45) is 6.26. The number of ether oxygens (including phenoxy) is 1. The van der Waals surface area contributed by atoms with Gasteiger partial charge in [-0.05, 0) is 42.7 Å². The highest BCUT2D eigenvalue weighted by atomic mass is 16.5. The van der Waals surface area contributed by atoms with E-state index in [1.54, 1.807) is 48.7 Å². The van der Waals surface area contributed by atoms with Gasteiger partial charge in [0, 0.05) is 19.3 Å². The molecule has 2 N–H and O–H groups in total. The van der Waals surface area contributed by atoms with Crippen molar-refractivity contribution < 1.29 is 23.5 Å². The van der Waals surface area contributed by atoms with Crippen molar-refractivity contribution in [1.82, 2.24) is 15.6 Å². The van der Waals surface area contributed by atoms with Crippen molar-refractivity contribution in [2.45, 2.75) is 25.0 Å². The number of pyridine rings is 1. The van der Waals surface area contributed by atoms with E-state index < -0.39 is 17.9 Å². The molecule has 0 bridgehead atoms. The number of nitrogens with zero attached hydrogens (tertiary/aromatic N) is 2. The Morgan fingerprint density at radius 1 is 1.06 bits per heavy atom. The summed E-state index contributed by atoms with van der Waals surface area (Å²) in [6.45, 7) is 0.696. The number of anilines is 1. The summed E-state index contributed by atoms with van der Waals surface area (Å²) in [5, 5.41) is 5.50. The van der Waals surface area contributed by atoms with Gasteiger partial charge in [0.1, 0.15) is 6.04 Å². The molecule has 0 aliphatic carbocycles. The highest BCUT2D eigenvalue weighted by molar-refractivity contribution is 6.04. The van der Waals surface area contributed by atoms with Crippen molar-refractivity contribution in [3.8, 4) is 0 Å². The van der Waals surface area contributed by atoms with Crippen molar-refractivity contribution in [1.29, 1.82) is 0 Å². The van der Waals surface area contributed by atoms with E-state index in [1.165, 1.54) is 23.4 Å². The van der Waals surface area contributed by atoms with Gasteiger partial charge >= 0.3 is 0 Å². The van der Waals surface area contributed by atoms with Crippen LogP contribution in [0.4, 0.5) is 5.69 Å². The highest BCUT2D eigenvalue weighted by Gasteiger charge is 2.33. The summed E-state index contributed by atoms with van der Waals surface area (Å²) < 4.78 is 10.7. The number of amides is 3. The average Bonchev–Trinajstić information content (AvgIpc) is 3.60. The molecule has 2 unspecified atom stereocenters. The standard InChI is InChI=1S/C25H26N4O5/c30-22(17-28-24(31)21-11-6-14-34-21)29(19-9-4-12-26-15-19)23(18-7-2-1-3-8-18)25(32)27-16-20-10-5-13-33-20/h1-4,6-9,11-12,14-15,20,23H,5,10,13,16-17H2,(H,27,32)(H,28,31). The largest absolute Gasteiger partial charge is 0.459 e. The maximum absolute atomic E-state index is 13.5. The zero-order chi connectivity index (χ0) is 23.8. The van der Waals surface area contributed by atoms with E-state index in [-0.39, 0.29) is 24.3 Å². The number of aromatic nitrogens is 1. The minimum absolute atomic E-state index is 0.0458.